The predicted octanol–water partition coefficient (Wildman–Crippen LogP) is 6.20. The van der Waals surface area contributed by atoms with Crippen LogP contribution in [-0.4, -0.2) is 42.5 Å². The molecule has 2 aromatic rings. The van der Waals surface area contributed by atoms with Crippen molar-refractivity contribution in [2.75, 3.05) is 19.6 Å². The highest BCUT2D eigenvalue weighted by atomic mass is 35.5. The van der Waals surface area contributed by atoms with Crippen molar-refractivity contribution in [3.05, 3.63) is 68.4 Å². The Bertz CT molecular complexity index is 1230. The Balaban J connectivity index is 1.40. The first-order valence-corrected chi connectivity index (χ1v) is 12.3. The highest BCUT2D eigenvalue weighted by Crippen LogP contribution is 2.57. The Hall–Kier alpha value is -2.01. The van der Waals surface area contributed by atoms with E-state index >= 15 is 0 Å². The van der Waals surface area contributed by atoms with E-state index in [4.69, 9.17) is 27.9 Å². The number of carbonyl (C=O) groups excluding carboxylic acids is 1. The second-order valence-electron chi connectivity index (χ2n) is 8.73. The van der Waals surface area contributed by atoms with Crippen molar-refractivity contribution < 1.29 is 27.1 Å². The van der Waals surface area contributed by atoms with Crippen LogP contribution in [0.15, 0.2) is 34.7 Å². The van der Waals surface area contributed by atoms with Gasteiger partial charge in [0.1, 0.15) is 5.60 Å². The van der Waals surface area contributed by atoms with Gasteiger partial charge >= 0.3 is 12.2 Å². The molecule has 3 heterocycles. The molecule has 1 atom stereocenters. The van der Waals surface area contributed by atoms with Gasteiger partial charge in [0.25, 0.3) is 0 Å². The monoisotopic (exact) mass is 547 g/mol. The molecule has 0 bridgehead atoms. The quantitative estimate of drug-likeness (QED) is 0.282. The number of urea groups is 1. The van der Waals surface area contributed by atoms with E-state index in [1.165, 1.54) is 0 Å². The summed E-state index contributed by atoms with van der Waals surface area (Å²) in [5, 5.41) is 1.79. The Morgan fingerprint density at radius 1 is 1.23 bits per heavy atom. The summed E-state index contributed by atoms with van der Waals surface area (Å²) in [7, 11) is 0. The number of hydrogen-bond acceptors (Lipinski definition) is 4. The van der Waals surface area contributed by atoms with Gasteiger partial charge in [0.05, 0.1) is 35.5 Å². The van der Waals surface area contributed by atoms with Gasteiger partial charge in [-0.05, 0) is 59.3 Å². The molecule has 0 saturated carbocycles. The highest BCUT2D eigenvalue weighted by Gasteiger charge is 2.60. The summed E-state index contributed by atoms with van der Waals surface area (Å²) in [6, 6.07) is 7.10. The molecule has 5 rings (SSSR count). The summed E-state index contributed by atoms with van der Waals surface area (Å²) < 4.78 is 64.7. The molecule has 3 aliphatic heterocycles. The lowest BCUT2D eigenvalue weighted by molar-refractivity contribution is -0.159. The van der Waals surface area contributed by atoms with Crippen molar-refractivity contribution in [1.29, 1.82) is 0 Å². The van der Waals surface area contributed by atoms with Crippen molar-refractivity contribution >= 4 is 46.9 Å². The van der Waals surface area contributed by atoms with E-state index < -0.39 is 38.8 Å². The normalized spacial score (nSPS) is 22.7. The van der Waals surface area contributed by atoms with Crippen LogP contribution in [0, 0.1) is 5.82 Å². The van der Waals surface area contributed by atoms with Gasteiger partial charge in [0.15, 0.2) is 10.6 Å². The van der Waals surface area contributed by atoms with Crippen LogP contribution in [0.3, 0.4) is 0 Å². The van der Waals surface area contributed by atoms with E-state index in [9.17, 15) is 22.4 Å². The van der Waals surface area contributed by atoms with E-state index in [1.54, 1.807) is 17.0 Å². The number of nitrogens with zero attached hydrogens (tertiary/aromatic N) is 2. The lowest BCUT2D eigenvalue weighted by Crippen LogP contribution is -2.63. The van der Waals surface area contributed by atoms with Crippen LogP contribution in [0.1, 0.15) is 35.6 Å². The third-order valence-corrected chi connectivity index (χ3v) is 8.36. The number of fused-ring (bicyclic) bond motifs is 2. The zero-order valence-corrected chi connectivity index (χ0v) is 20.6. The summed E-state index contributed by atoms with van der Waals surface area (Å²) in [4.78, 5) is 13.7. The van der Waals surface area contributed by atoms with E-state index in [-0.39, 0.29) is 17.3 Å². The minimum atomic E-state index is -4.70. The third-order valence-electron chi connectivity index (χ3n) is 6.58. The molecular weight excluding hydrogens is 529 g/mol. The average molecular weight is 548 g/mol. The molecule has 2 amide bonds. The summed E-state index contributed by atoms with van der Waals surface area (Å²) in [6.07, 6.45) is -5.17. The molecule has 3 aliphatic rings. The molecule has 1 fully saturated rings. The predicted molar refractivity (Wildman–Crippen MR) is 126 cm³/mol. The van der Waals surface area contributed by atoms with Gasteiger partial charge in [0, 0.05) is 13.0 Å². The lowest BCUT2D eigenvalue weighted by Gasteiger charge is -2.47. The van der Waals surface area contributed by atoms with Gasteiger partial charge in [-0.1, -0.05) is 35.3 Å². The van der Waals surface area contributed by atoms with Gasteiger partial charge < -0.3 is 15.0 Å². The van der Waals surface area contributed by atoms with E-state index in [1.807, 2.05) is 13.0 Å². The summed E-state index contributed by atoms with van der Waals surface area (Å²) in [5.74, 6) is -0.965. The molecule has 5 nitrogen and oxygen atoms in total. The van der Waals surface area contributed by atoms with Crippen LogP contribution in [-0.2, 0) is 21.7 Å². The van der Waals surface area contributed by atoms with E-state index in [0.29, 0.717) is 43.8 Å². The number of halogens is 6. The molecule has 1 N–H and O–H groups in total. The number of ether oxygens (including phenoxy) is 1. The fourth-order valence-corrected chi connectivity index (χ4v) is 6.17. The summed E-state index contributed by atoms with van der Waals surface area (Å²) in [5.41, 5.74) is 1.72. The van der Waals surface area contributed by atoms with Crippen LogP contribution in [0.5, 0.6) is 0 Å². The number of nitrogens with one attached hydrogen (secondary N) is 1. The number of amides is 2. The second kappa shape index (κ2) is 8.54. The molecule has 12 heteroatoms. The maximum absolute atomic E-state index is 14.4. The third kappa shape index (κ3) is 3.89. The molecule has 0 aromatic heterocycles. The molecule has 0 radical (unpaired) electrons. The van der Waals surface area contributed by atoms with Crippen LogP contribution in [0.4, 0.5) is 22.4 Å². The second-order valence-corrected chi connectivity index (χ2v) is 10.6. The Kier molecular flexibility index (Phi) is 6.02. The molecule has 1 spiro atoms. The van der Waals surface area contributed by atoms with Gasteiger partial charge in [-0.2, -0.15) is 13.2 Å². The summed E-state index contributed by atoms with van der Waals surface area (Å²) >= 11 is 12.0. The van der Waals surface area contributed by atoms with Gasteiger partial charge in [-0.3, -0.25) is 0 Å². The first kappa shape index (κ1) is 24.7. The number of benzene rings is 2. The van der Waals surface area contributed by atoms with Crippen LogP contribution >= 0.6 is 35.1 Å². The standard InChI is InChI=1S/C23H19Cl2F4N3O2S/c1-2-30-20(33)32-10-21(11-32)15-4-3-12(5-13(15)9-34-21)18-8-22(35-31-18,23(27,28)29)14-6-16(24)19(26)17(25)7-14/h3-7H,2,8-11H2,1H3,(H,30,33)/t22-/m0/s1. The molecule has 2 aromatic carbocycles. The smallest absolute Gasteiger partial charge is 0.362 e. The number of rotatable bonds is 3. The van der Waals surface area contributed by atoms with Gasteiger partial charge in [0.2, 0.25) is 0 Å². The van der Waals surface area contributed by atoms with Crippen molar-refractivity contribution in [3.63, 3.8) is 0 Å². The van der Waals surface area contributed by atoms with E-state index in [0.717, 1.165) is 23.3 Å². The average Bonchev–Trinajstić information content (AvgIpc) is 3.39. The molecular formula is C23H19Cl2F4N3O2S. The zero-order valence-electron chi connectivity index (χ0n) is 18.3. The van der Waals surface area contributed by atoms with Crippen molar-refractivity contribution in [3.8, 4) is 0 Å². The van der Waals surface area contributed by atoms with Gasteiger partial charge in [-0.25, -0.2) is 13.6 Å². The largest absolute Gasteiger partial charge is 0.409 e. The maximum atomic E-state index is 14.4. The van der Waals surface area contributed by atoms with Crippen LogP contribution in [0.25, 0.3) is 0 Å². The molecule has 186 valence electrons. The number of hydrogen-bond donors (Lipinski definition) is 1. The Morgan fingerprint density at radius 2 is 1.91 bits per heavy atom. The molecule has 0 unspecified atom stereocenters. The molecule has 0 aliphatic carbocycles. The summed E-state index contributed by atoms with van der Waals surface area (Å²) in [6.45, 7) is 3.48. The Labute approximate surface area is 212 Å². The fourth-order valence-electron chi connectivity index (χ4n) is 4.72. The number of likely N-dealkylation sites (tertiary alicyclic amines) is 1. The number of carbonyl (C=O) groups is 1. The first-order chi connectivity index (χ1) is 16.5. The van der Waals surface area contributed by atoms with Crippen LogP contribution < -0.4 is 5.32 Å². The first-order valence-electron chi connectivity index (χ1n) is 10.8. The van der Waals surface area contributed by atoms with Crippen LogP contribution in [0.2, 0.25) is 10.0 Å². The highest BCUT2D eigenvalue weighted by molar-refractivity contribution is 7.99. The van der Waals surface area contributed by atoms with E-state index in [2.05, 4.69) is 9.71 Å². The minimum absolute atomic E-state index is 0.159. The van der Waals surface area contributed by atoms with Crippen molar-refractivity contribution in [2.24, 2.45) is 4.40 Å². The van der Waals surface area contributed by atoms with Crippen molar-refractivity contribution in [1.82, 2.24) is 10.2 Å². The number of alkyl halides is 3. The zero-order chi connectivity index (χ0) is 25.2. The maximum Gasteiger partial charge on any atom is 0.409 e. The minimum Gasteiger partial charge on any atom is -0.362 e. The fraction of sp³-hybridized carbons (Fsp3) is 0.391. The molecule has 1 saturated heterocycles. The van der Waals surface area contributed by atoms with Crippen molar-refractivity contribution in [2.45, 2.75) is 36.5 Å². The van der Waals surface area contributed by atoms with Gasteiger partial charge in [-0.15, -0.1) is 0 Å². The Morgan fingerprint density at radius 3 is 2.54 bits per heavy atom. The lowest BCUT2D eigenvalue weighted by atomic mass is 9.83. The topological polar surface area (TPSA) is 53.9 Å². The molecule has 35 heavy (non-hydrogen) atoms. The SMILES string of the molecule is CCNC(=O)N1CC2(C1)OCc1cc(C3=NS[C@@](c4cc(Cl)c(F)c(Cl)c4)(C(F)(F)F)C3)ccc12.